The number of amides is 1. The van der Waals surface area contributed by atoms with Crippen LogP contribution in [0.25, 0.3) is 0 Å². The van der Waals surface area contributed by atoms with Crippen LogP contribution < -0.4 is 11.5 Å². The number of carbonyl (C=O) groups is 1. The van der Waals surface area contributed by atoms with E-state index in [1.54, 1.807) is 18.3 Å². The standard InChI is InChI=1S/C18H20N6O.ClH/c19-18(20)23-22-16(13-6-2-1-3-7-13)15-9-8-14(12-21-15)17(25)24-10-4-5-11-24;/h1-3,6-9,12H,4-5,10-11H2,(H4,19,20,23);1H/b22-16-;. The zero-order chi connectivity index (χ0) is 17.6. The highest BCUT2D eigenvalue weighted by Gasteiger charge is 2.20. The van der Waals surface area contributed by atoms with Crippen molar-refractivity contribution in [3.8, 4) is 0 Å². The minimum absolute atomic E-state index is 0. The average Bonchev–Trinajstić information content (AvgIpc) is 3.17. The topological polar surface area (TPSA) is 110 Å². The molecule has 3 rings (SSSR count). The summed E-state index contributed by atoms with van der Waals surface area (Å²) in [6, 6.07) is 13.0. The molecule has 136 valence electrons. The number of aromatic nitrogens is 1. The zero-order valence-corrected chi connectivity index (χ0v) is 15.0. The summed E-state index contributed by atoms with van der Waals surface area (Å²) in [5, 5.41) is 7.86. The summed E-state index contributed by atoms with van der Waals surface area (Å²) in [7, 11) is 0. The molecule has 8 heteroatoms. The number of likely N-dealkylation sites (tertiary alicyclic amines) is 1. The molecule has 0 spiro atoms. The summed E-state index contributed by atoms with van der Waals surface area (Å²) in [5.74, 6) is -0.117. The summed E-state index contributed by atoms with van der Waals surface area (Å²) >= 11 is 0. The summed E-state index contributed by atoms with van der Waals surface area (Å²) in [6.45, 7) is 1.61. The molecule has 4 N–H and O–H groups in total. The van der Waals surface area contributed by atoms with Gasteiger partial charge in [-0.1, -0.05) is 30.3 Å². The summed E-state index contributed by atoms with van der Waals surface area (Å²) in [4.78, 5) is 18.7. The molecule has 1 saturated heterocycles. The maximum atomic E-state index is 12.4. The molecule has 1 aliphatic heterocycles. The Balaban J connectivity index is 0.00000243. The lowest BCUT2D eigenvalue weighted by Gasteiger charge is -2.15. The Labute approximate surface area is 158 Å². The lowest BCUT2D eigenvalue weighted by molar-refractivity contribution is 0.0792. The largest absolute Gasteiger partial charge is 0.369 e. The number of benzene rings is 1. The third kappa shape index (κ3) is 4.58. The Morgan fingerprint density at radius 3 is 2.23 bits per heavy atom. The Hall–Kier alpha value is -2.93. The van der Waals surface area contributed by atoms with E-state index in [1.165, 1.54) is 0 Å². The van der Waals surface area contributed by atoms with E-state index in [9.17, 15) is 4.79 Å². The predicted molar refractivity (Wildman–Crippen MR) is 105 cm³/mol. The van der Waals surface area contributed by atoms with E-state index in [4.69, 9.17) is 11.5 Å². The highest BCUT2D eigenvalue weighted by Crippen LogP contribution is 2.14. The number of nitrogens with zero attached hydrogens (tertiary/aromatic N) is 4. The van der Waals surface area contributed by atoms with Gasteiger partial charge in [-0.25, -0.2) is 0 Å². The first-order valence-electron chi connectivity index (χ1n) is 8.13. The molecule has 2 aromatic rings. The van der Waals surface area contributed by atoms with Gasteiger partial charge in [0.15, 0.2) is 0 Å². The third-order valence-corrected chi connectivity index (χ3v) is 3.96. The first kappa shape index (κ1) is 19.4. The lowest BCUT2D eigenvalue weighted by Crippen LogP contribution is -2.27. The molecule has 1 fully saturated rings. The Morgan fingerprint density at radius 2 is 1.65 bits per heavy atom. The summed E-state index contributed by atoms with van der Waals surface area (Å²) in [5.41, 5.74) is 13.3. The highest BCUT2D eigenvalue weighted by molar-refractivity contribution is 6.12. The van der Waals surface area contributed by atoms with Gasteiger partial charge in [0.1, 0.15) is 5.71 Å². The number of rotatable bonds is 4. The van der Waals surface area contributed by atoms with Gasteiger partial charge in [0.05, 0.1) is 11.3 Å². The molecule has 0 aliphatic carbocycles. The van der Waals surface area contributed by atoms with Gasteiger partial charge in [-0.05, 0) is 25.0 Å². The molecule has 0 saturated carbocycles. The van der Waals surface area contributed by atoms with Crippen LogP contribution in [-0.2, 0) is 0 Å². The van der Waals surface area contributed by atoms with Crippen LogP contribution in [0.1, 0.15) is 34.5 Å². The van der Waals surface area contributed by atoms with E-state index < -0.39 is 0 Å². The van der Waals surface area contributed by atoms with Gasteiger partial charge in [-0.3, -0.25) is 9.78 Å². The highest BCUT2D eigenvalue weighted by atomic mass is 35.5. The molecule has 1 aromatic carbocycles. The number of halogens is 1. The van der Waals surface area contributed by atoms with Crippen molar-refractivity contribution in [1.82, 2.24) is 9.88 Å². The minimum Gasteiger partial charge on any atom is -0.369 e. The fourth-order valence-electron chi connectivity index (χ4n) is 2.72. The molecule has 0 atom stereocenters. The number of guanidine groups is 1. The van der Waals surface area contributed by atoms with Crippen molar-refractivity contribution in [3.05, 3.63) is 65.5 Å². The smallest absolute Gasteiger partial charge is 0.255 e. The number of pyridine rings is 1. The molecule has 1 amide bonds. The van der Waals surface area contributed by atoms with Crippen molar-refractivity contribution in [2.45, 2.75) is 12.8 Å². The molecule has 0 unspecified atom stereocenters. The van der Waals surface area contributed by atoms with Crippen molar-refractivity contribution >= 4 is 30.0 Å². The van der Waals surface area contributed by atoms with Crippen molar-refractivity contribution in [3.63, 3.8) is 0 Å². The molecule has 0 radical (unpaired) electrons. The van der Waals surface area contributed by atoms with E-state index >= 15 is 0 Å². The molecular weight excluding hydrogens is 352 g/mol. The van der Waals surface area contributed by atoms with Crippen LogP contribution in [0.15, 0.2) is 58.9 Å². The molecule has 1 aliphatic rings. The van der Waals surface area contributed by atoms with Gasteiger partial charge in [0.2, 0.25) is 5.96 Å². The van der Waals surface area contributed by atoms with Crippen molar-refractivity contribution in [1.29, 1.82) is 0 Å². The average molecular weight is 373 g/mol. The van der Waals surface area contributed by atoms with Crippen LogP contribution in [0, 0.1) is 0 Å². The first-order chi connectivity index (χ1) is 12.1. The second-order valence-corrected chi connectivity index (χ2v) is 5.77. The van der Waals surface area contributed by atoms with Crippen LogP contribution in [0.5, 0.6) is 0 Å². The quantitative estimate of drug-likeness (QED) is 0.484. The first-order valence-corrected chi connectivity index (χ1v) is 8.13. The third-order valence-electron chi connectivity index (χ3n) is 3.96. The zero-order valence-electron chi connectivity index (χ0n) is 14.2. The van der Waals surface area contributed by atoms with E-state index in [1.807, 2.05) is 35.2 Å². The SMILES string of the molecule is Cl.NC(N)=N/N=C(/c1ccccc1)c1ccc(C(=O)N2CCCC2)cn1. The molecule has 0 bridgehead atoms. The second-order valence-electron chi connectivity index (χ2n) is 5.77. The number of hydrogen-bond acceptors (Lipinski definition) is 4. The Morgan fingerprint density at radius 1 is 0.962 bits per heavy atom. The van der Waals surface area contributed by atoms with Crippen LogP contribution in [-0.4, -0.2) is 40.6 Å². The van der Waals surface area contributed by atoms with E-state index in [2.05, 4.69) is 15.2 Å². The van der Waals surface area contributed by atoms with E-state index in [0.717, 1.165) is 31.5 Å². The summed E-state index contributed by atoms with van der Waals surface area (Å²) in [6.07, 6.45) is 3.69. The van der Waals surface area contributed by atoms with Crippen LogP contribution in [0.3, 0.4) is 0 Å². The molecule has 26 heavy (non-hydrogen) atoms. The molecule has 1 aromatic heterocycles. The lowest BCUT2D eigenvalue weighted by atomic mass is 10.1. The van der Waals surface area contributed by atoms with Gasteiger partial charge in [0, 0.05) is 24.8 Å². The molecule has 2 heterocycles. The number of nitrogens with two attached hydrogens (primary N) is 2. The normalized spacial score (nSPS) is 13.8. The van der Waals surface area contributed by atoms with Crippen LogP contribution in [0.2, 0.25) is 0 Å². The predicted octanol–water partition coefficient (Wildman–Crippen LogP) is 1.77. The van der Waals surface area contributed by atoms with Crippen molar-refractivity contribution < 1.29 is 4.79 Å². The second kappa shape index (κ2) is 8.96. The number of carbonyl (C=O) groups excluding carboxylic acids is 1. The fourth-order valence-corrected chi connectivity index (χ4v) is 2.72. The van der Waals surface area contributed by atoms with Crippen molar-refractivity contribution in [2.24, 2.45) is 21.7 Å². The molecule has 7 nitrogen and oxygen atoms in total. The maximum Gasteiger partial charge on any atom is 0.255 e. The number of hydrogen-bond donors (Lipinski definition) is 2. The van der Waals surface area contributed by atoms with Gasteiger partial charge >= 0.3 is 0 Å². The van der Waals surface area contributed by atoms with Gasteiger partial charge in [0.25, 0.3) is 5.91 Å². The van der Waals surface area contributed by atoms with E-state index in [0.29, 0.717) is 17.0 Å². The molecular formula is C18H21ClN6O. The van der Waals surface area contributed by atoms with E-state index in [-0.39, 0.29) is 24.3 Å². The van der Waals surface area contributed by atoms with Crippen molar-refractivity contribution in [2.75, 3.05) is 13.1 Å². The van der Waals surface area contributed by atoms with Gasteiger partial charge in [-0.2, -0.15) is 0 Å². The minimum atomic E-state index is -0.130. The monoisotopic (exact) mass is 372 g/mol. The Bertz CT molecular complexity index is 794. The van der Waals surface area contributed by atoms with Gasteiger partial charge < -0.3 is 16.4 Å². The van der Waals surface area contributed by atoms with Gasteiger partial charge in [-0.15, -0.1) is 22.6 Å². The maximum absolute atomic E-state index is 12.4. The fraction of sp³-hybridized carbons (Fsp3) is 0.222. The van der Waals surface area contributed by atoms with Crippen LogP contribution >= 0.6 is 12.4 Å². The summed E-state index contributed by atoms with van der Waals surface area (Å²) < 4.78 is 0. The van der Waals surface area contributed by atoms with Crippen LogP contribution in [0.4, 0.5) is 0 Å². The Kier molecular flexibility index (Phi) is 6.68.